The summed E-state index contributed by atoms with van der Waals surface area (Å²) in [5.74, 6) is 1.25. The van der Waals surface area contributed by atoms with Crippen molar-refractivity contribution >= 4 is 31.2 Å². The minimum Gasteiger partial charge on any atom is -0.478 e. The van der Waals surface area contributed by atoms with Crippen molar-refractivity contribution in [1.29, 1.82) is 0 Å². The summed E-state index contributed by atoms with van der Waals surface area (Å²) in [7, 11) is 0. The number of aromatic carboxylic acids is 1. The summed E-state index contributed by atoms with van der Waals surface area (Å²) in [6.07, 6.45) is 4.81. The number of pyridine rings is 1. The molecule has 19 nitrogen and oxygen atoms in total. The van der Waals surface area contributed by atoms with E-state index in [0.29, 0.717) is 29.1 Å². The summed E-state index contributed by atoms with van der Waals surface area (Å²) < 4.78 is 37.6. The van der Waals surface area contributed by atoms with Crippen LogP contribution in [0.4, 0.5) is 13.2 Å². The summed E-state index contributed by atoms with van der Waals surface area (Å²) in [6, 6.07) is 27.4. The molecule has 0 aliphatic carbocycles. The highest BCUT2D eigenvalue weighted by Crippen LogP contribution is 2.29. The van der Waals surface area contributed by atoms with Crippen molar-refractivity contribution in [2.24, 2.45) is 0 Å². The Kier molecular flexibility index (Phi) is 19.5. The molecule has 25 heteroatoms. The molecule has 6 heterocycles. The molecule has 0 fully saturated rings. The smallest absolute Gasteiger partial charge is 0.417 e. The van der Waals surface area contributed by atoms with Gasteiger partial charge in [0, 0.05) is 72.9 Å². The molecule has 0 bridgehead atoms. The van der Waals surface area contributed by atoms with E-state index in [2.05, 4.69) is 107 Å². The third-order valence-electron chi connectivity index (χ3n) is 9.48. The summed E-state index contributed by atoms with van der Waals surface area (Å²) >= 11 is 0. The minimum atomic E-state index is -4.43. The maximum Gasteiger partial charge on any atom is 0.417 e. The van der Waals surface area contributed by atoms with Crippen LogP contribution in [0.2, 0.25) is 0 Å². The van der Waals surface area contributed by atoms with Crippen molar-refractivity contribution in [3.63, 3.8) is 0 Å². The normalized spacial score (nSPS) is 10.4. The fraction of sp³-hybridized carbons (Fsp3) is 0.156. The topological polar surface area (TPSA) is 256 Å². The Morgan fingerprint density at radius 1 is 0.429 bits per heavy atom. The van der Waals surface area contributed by atoms with E-state index in [-0.39, 0.29) is 54.0 Å². The fourth-order valence-corrected chi connectivity index (χ4v) is 5.65. The first-order valence-electron chi connectivity index (χ1n) is 20.4. The molecule has 6 aromatic heterocycles. The number of hydrogen-bond acceptors (Lipinski definition) is 18. The Hall–Kier alpha value is -8.76. The predicted octanol–water partition coefficient (Wildman–Crippen LogP) is 6.04. The van der Waals surface area contributed by atoms with Crippen molar-refractivity contribution in [3.05, 3.63) is 150 Å². The molecule has 0 aliphatic heterocycles. The molecule has 3 aromatic carbocycles. The Morgan fingerprint density at radius 3 is 1.09 bits per heavy atom. The first-order valence-corrected chi connectivity index (χ1v) is 20.4. The number of hydrogen-bond donors (Lipinski definition) is 1. The van der Waals surface area contributed by atoms with Gasteiger partial charge < -0.3 is 5.11 Å². The molecule has 0 saturated carbocycles. The second-order valence-electron chi connectivity index (χ2n) is 13.9. The SMILES string of the molecule is CCc1ccc(-c2nnc(-c3ccc(C(F)(F)F)cn3)nn2)cc1.CCc1ccc(-c2nnc(-c3ncc(C(=O)O)cn3)nn2)cc1.CCc1ccc(-c2nnc(-c3ncccn3)nn2)cc1.[B].[B].[B]. The molecule has 9 aromatic rings. The Morgan fingerprint density at radius 2 is 0.771 bits per heavy atom. The van der Waals surface area contributed by atoms with Crippen LogP contribution >= 0.6 is 0 Å². The van der Waals surface area contributed by atoms with Crippen molar-refractivity contribution in [3.8, 4) is 69.0 Å². The van der Waals surface area contributed by atoms with E-state index in [4.69, 9.17) is 5.11 Å². The number of carboxylic acid groups (broad SMARTS) is 1. The third kappa shape index (κ3) is 14.1. The predicted molar refractivity (Wildman–Crippen MR) is 252 cm³/mol. The quantitative estimate of drug-likeness (QED) is 0.153. The van der Waals surface area contributed by atoms with Crippen LogP contribution in [-0.4, -0.2) is 122 Å². The number of aromatic nitrogens is 17. The van der Waals surface area contributed by atoms with Gasteiger partial charge in [-0.25, -0.2) is 24.7 Å². The van der Waals surface area contributed by atoms with Crippen LogP contribution in [0.25, 0.3) is 69.0 Å². The van der Waals surface area contributed by atoms with Crippen LogP contribution in [0.5, 0.6) is 0 Å². The standard InChI is InChI=1S/C16H12F3N5.C15H12N6O2.C14H12N6.3B/c1-2-10-3-5-11(6-4-10)14-21-23-15(24-22-14)13-8-7-12(9-20-13)16(17,18)19;1-2-9-3-5-10(6-4-9)12-18-20-14(21-19-12)13-16-7-11(8-17-13)15(22)23;1-2-10-4-6-11(7-5-10)12-17-19-14(20-18-12)13-15-8-3-9-16-13;;;/h3-9H,2H2,1H3;3-8H,2H2,1H3,(H,22,23);3-9H,2H2,1H3;;;. The number of benzene rings is 3. The first kappa shape index (κ1) is 53.9. The van der Waals surface area contributed by atoms with Gasteiger partial charge in [0.25, 0.3) is 0 Å². The van der Waals surface area contributed by atoms with Gasteiger partial charge >= 0.3 is 12.1 Å². The zero-order valence-corrected chi connectivity index (χ0v) is 37.5. The minimum absolute atomic E-state index is 0. The third-order valence-corrected chi connectivity index (χ3v) is 9.48. The molecule has 0 saturated heterocycles. The zero-order valence-electron chi connectivity index (χ0n) is 37.5. The summed E-state index contributed by atoms with van der Waals surface area (Å²) in [5, 5.41) is 56.6. The van der Waals surface area contributed by atoms with Crippen molar-refractivity contribution in [2.45, 2.75) is 46.2 Å². The molecule has 0 amide bonds. The average Bonchev–Trinajstić information content (AvgIpc) is 3.39. The van der Waals surface area contributed by atoms with E-state index in [1.54, 1.807) is 18.5 Å². The van der Waals surface area contributed by atoms with Crippen molar-refractivity contribution in [1.82, 2.24) is 86.1 Å². The highest BCUT2D eigenvalue weighted by Gasteiger charge is 2.31. The van der Waals surface area contributed by atoms with Gasteiger partial charge in [-0.15, -0.1) is 61.2 Å². The molecule has 0 spiro atoms. The molecule has 1 N–H and O–H groups in total. The molecule has 0 unspecified atom stereocenters. The van der Waals surface area contributed by atoms with Crippen LogP contribution < -0.4 is 0 Å². The van der Waals surface area contributed by atoms with E-state index < -0.39 is 17.7 Å². The Labute approximate surface area is 404 Å². The van der Waals surface area contributed by atoms with Gasteiger partial charge in [0.05, 0.1) is 11.1 Å². The Balaban J connectivity index is 0.000000224. The lowest BCUT2D eigenvalue weighted by molar-refractivity contribution is -0.137. The molecular formula is C45H36B3F3N17O2. The number of carbonyl (C=O) groups is 1. The lowest BCUT2D eigenvalue weighted by Crippen LogP contribution is -2.06. The van der Waals surface area contributed by atoms with E-state index in [0.717, 1.165) is 48.2 Å². The molecule has 0 atom stereocenters. The van der Waals surface area contributed by atoms with E-state index in [9.17, 15) is 18.0 Å². The molecular weight excluding hydrogens is 900 g/mol. The summed E-state index contributed by atoms with van der Waals surface area (Å²) in [4.78, 5) is 30.4. The van der Waals surface area contributed by atoms with Gasteiger partial charge in [-0.1, -0.05) is 93.6 Å². The zero-order chi connectivity index (χ0) is 47.2. The second-order valence-corrected chi connectivity index (χ2v) is 13.9. The Bertz CT molecular complexity index is 2990. The number of aryl methyl sites for hydroxylation is 3. The summed E-state index contributed by atoms with van der Waals surface area (Å²) in [5.41, 5.74) is 5.48. The highest BCUT2D eigenvalue weighted by molar-refractivity contribution is 5.86. The fourth-order valence-electron chi connectivity index (χ4n) is 5.65. The van der Waals surface area contributed by atoms with E-state index in [1.165, 1.54) is 35.2 Å². The van der Waals surface area contributed by atoms with Crippen LogP contribution in [0.3, 0.4) is 0 Å². The average molecular weight is 936 g/mol. The van der Waals surface area contributed by atoms with Crippen molar-refractivity contribution in [2.75, 3.05) is 0 Å². The maximum atomic E-state index is 12.5. The number of halogens is 3. The molecule has 9 rings (SSSR count). The second kappa shape index (κ2) is 25.4. The lowest BCUT2D eigenvalue weighted by atomic mass is 10.1. The van der Waals surface area contributed by atoms with Crippen LogP contribution in [0, 0.1) is 0 Å². The highest BCUT2D eigenvalue weighted by atomic mass is 19.4. The lowest BCUT2D eigenvalue weighted by Gasteiger charge is -2.06. The number of rotatable bonds is 10. The number of nitrogens with zero attached hydrogens (tertiary/aromatic N) is 17. The van der Waals surface area contributed by atoms with Gasteiger partial charge in [-0.2, -0.15) is 13.2 Å². The largest absolute Gasteiger partial charge is 0.478 e. The van der Waals surface area contributed by atoms with Gasteiger partial charge in [0.2, 0.25) is 46.6 Å². The summed E-state index contributed by atoms with van der Waals surface area (Å²) in [6.45, 7) is 6.25. The number of alkyl halides is 3. The van der Waals surface area contributed by atoms with E-state index >= 15 is 0 Å². The van der Waals surface area contributed by atoms with Gasteiger partial charge in [-0.3, -0.25) is 4.98 Å². The number of carboxylic acids is 1. The molecule has 70 heavy (non-hydrogen) atoms. The van der Waals surface area contributed by atoms with Gasteiger partial charge in [0.1, 0.15) is 5.69 Å². The van der Waals surface area contributed by atoms with E-state index in [1.807, 2.05) is 72.8 Å². The monoisotopic (exact) mass is 936 g/mol. The first-order chi connectivity index (χ1) is 32.5. The molecule has 343 valence electrons. The van der Waals surface area contributed by atoms with Gasteiger partial charge in [0.15, 0.2) is 0 Å². The molecule has 9 radical (unpaired) electrons. The van der Waals surface area contributed by atoms with Crippen molar-refractivity contribution < 1.29 is 23.1 Å². The molecule has 0 aliphatic rings. The van der Waals surface area contributed by atoms with Gasteiger partial charge in [-0.05, 0) is 54.2 Å². The van der Waals surface area contributed by atoms with Crippen LogP contribution in [-0.2, 0) is 25.4 Å². The van der Waals surface area contributed by atoms with Crippen LogP contribution in [0.1, 0.15) is 53.4 Å². The maximum absolute atomic E-state index is 12.5. The van der Waals surface area contributed by atoms with Crippen LogP contribution in [0.15, 0.2) is 122 Å².